The number of nitrogens with zero attached hydrogens (tertiary/aromatic N) is 1. The number of carbonyl (C=O) groups excluding carboxylic acids is 1. The summed E-state index contributed by atoms with van der Waals surface area (Å²) in [5.41, 5.74) is 1.68. The van der Waals surface area contributed by atoms with E-state index in [1.165, 1.54) is 101 Å². The SMILES string of the molecule is CCCCCCCCCCCCCC[N+](C)(C)Cc1ccccc1.O=C1NS(=O)(=O)c2ccccc21. The van der Waals surface area contributed by atoms with Crippen LogP contribution in [-0.4, -0.2) is 39.4 Å². The van der Waals surface area contributed by atoms with Gasteiger partial charge in [-0.25, -0.2) is 13.1 Å². The molecule has 6 heteroatoms. The lowest BCUT2D eigenvalue weighted by Gasteiger charge is -2.30. The van der Waals surface area contributed by atoms with Gasteiger partial charge in [0.05, 0.1) is 26.2 Å². The van der Waals surface area contributed by atoms with Gasteiger partial charge in [0.25, 0.3) is 15.9 Å². The molecule has 1 N–H and O–H groups in total. The summed E-state index contributed by atoms with van der Waals surface area (Å²) in [6.07, 6.45) is 17.2. The van der Waals surface area contributed by atoms with E-state index in [0.29, 0.717) is 0 Å². The molecule has 0 aromatic heterocycles. The standard InChI is InChI=1S/C23H42N.C7H5NO3S/c1-4-5-6-7-8-9-10-11-12-13-14-18-21-24(2,3)22-23-19-16-15-17-20-23;9-7-5-3-1-2-4-6(5)12(10,11)8-7/h15-17,19-20H,4-14,18,21-22H2,1-3H3;1-4H,(H,8,9)/q+1;. The van der Waals surface area contributed by atoms with Crippen LogP contribution in [0.1, 0.15) is 99.9 Å². The van der Waals surface area contributed by atoms with Crippen LogP contribution in [0, 0.1) is 0 Å². The second-order valence-electron chi connectivity index (χ2n) is 10.6. The van der Waals surface area contributed by atoms with Crippen LogP contribution in [0.25, 0.3) is 0 Å². The number of benzene rings is 2. The van der Waals surface area contributed by atoms with E-state index in [0.717, 1.165) is 11.0 Å². The monoisotopic (exact) mass is 515 g/mol. The molecule has 0 fully saturated rings. The fraction of sp³-hybridized carbons (Fsp3) is 0.567. The first-order chi connectivity index (χ1) is 17.2. The Morgan fingerprint density at radius 1 is 0.694 bits per heavy atom. The van der Waals surface area contributed by atoms with Gasteiger partial charge >= 0.3 is 0 Å². The van der Waals surface area contributed by atoms with Gasteiger partial charge < -0.3 is 4.48 Å². The first-order valence-corrected chi connectivity index (χ1v) is 15.3. The predicted octanol–water partition coefficient (Wildman–Crippen LogP) is 7.08. The van der Waals surface area contributed by atoms with Gasteiger partial charge in [0.1, 0.15) is 11.4 Å². The van der Waals surface area contributed by atoms with Crippen LogP contribution in [0.3, 0.4) is 0 Å². The van der Waals surface area contributed by atoms with E-state index in [4.69, 9.17) is 0 Å². The number of quaternary nitrogens is 1. The van der Waals surface area contributed by atoms with E-state index in [-0.39, 0.29) is 10.5 Å². The van der Waals surface area contributed by atoms with Gasteiger partial charge in [0.2, 0.25) is 0 Å². The molecule has 0 bridgehead atoms. The minimum atomic E-state index is -3.55. The van der Waals surface area contributed by atoms with Gasteiger partial charge in [-0.1, -0.05) is 114 Å². The second kappa shape index (κ2) is 15.8. The normalized spacial score (nSPS) is 14.0. The van der Waals surface area contributed by atoms with E-state index < -0.39 is 15.9 Å². The predicted molar refractivity (Wildman–Crippen MR) is 149 cm³/mol. The van der Waals surface area contributed by atoms with Crippen molar-refractivity contribution >= 4 is 15.9 Å². The Labute approximate surface area is 219 Å². The van der Waals surface area contributed by atoms with Crippen LogP contribution in [0.15, 0.2) is 59.5 Å². The van der Waals surface area contributed by atoms with E-state index in [1.54, 1.807) is 12.1 Å². The summed E-state index contributed by atoms with van der Waals surface area (Å²) in [5.74, 6) is -0.550. The quantitative estimate of drug-likeness (QED) is 0.204. The molecule has 0 saturated carbocycles. The van der Waals surface area contributed by atoms with Crippen molar-refractivity contribution in [2.24, 2.45) is 0 Å². The topological polar surface area (TPSA) is 63.2 Å². The fourth-order valence-electron chi connectivity index (χ4n) is 4.66. The van der Waals surface area contributed by atoms with Crippen molar-refractivity contribution in [3.05, 3.63) is 65.7 Å². The van der Waals surface area contributed by atoms with Crippen molar-refractivity contribution in [2.45, 2.75) is 95.4 Å². The highest BCUT2D eigenvalue weighted by Crippen LogP contribution is 2.21. The van der Waals surface area contributed by atoms with Crippen molar-refractivity contribution in [3.63, 3.8) is 0 Å². The average molecular weight is 516 g/mol. The van der Waals surface area contributed by atoms with Crippen molar-refractivity contribution < 1.29 is 17.7 Å². The molecule has 2 aromatic rings. The summed E-state index contributed by atoms with van der Waals surface area (Å²) in [4.78, 5) is 11.1. The van der Waals surface area contributed by atoms with E-state index in [1.807, 2.05) is 4.72 Å². The largest absolute Gasteiger partial charge is 0.325 e. The van der Waals surface area contributed by atoms with Crippen molar-refractivity contribution in [3.8, 4) is 0 Å². The van der Waals surface area contributed by atoms with Crippen LogP contribution < -0.4 is 4.72 Å². The first-order valence-electron chi connectivity index (χ1n) is 13.8. The number of nitrogens with one attached hydrogen (secondary N) is 1. The molecule has 200 valence electrons. The molecule has 1 aliphatic rings. The van der Waals surface area contributed by atoms with Gasteiger partial charge in [-0.3, -0.25) is 4.79 Å². The molecule has 1 aliphatic heterocycles. The molecule has 1 heterocycles. The third kappa shape index (κ3) is 11.3. The molecule has 36 heavy (non-hydrogen) atoms. The molecule has 2 aromatic carbocycles. The van der Waals surface area contributed by atoms with E-state index in [9.17, 15) is 13.2 Å². The van der Waals surface area contributed by atoms with Crippen molar-refractivity contribution in [2.75, 3.05) is 20.6 Å². The van der Waals surface area contributed by atoms with E-state index >= 15 is 0 Å². The van der Waals surface area contributed by atoms with Crippen LogP contribution in [0.5, 0.6) is 0 Å². The smallest absolute Gasteiger partial charge is 0.266 e. The average Bonchev–Trinajstić information content (AvgIpc) is 3.09. The lowest BCUT2D eigenvalue weighted by Crippen LogP contribution is -2.39. The highest BCUT2D eigenvalue weighted by molar-refractivity contribution is 7.90. The van der Waals surface area contributed by atoms with Crippen LogP contribution in [0.4, 0.5) is 0 Å². The minimum Gasteiger partial charge on any atom is -0.325 e. The highest BCUT2D eigenvalue weighted by atomic mass is 32.2. The van der Waals surface area contributed by atoms with Crippen LogP contribution >= 0.6 is 0 Å². The van der Waals surface area contributed by atoms with Gasteiger partial charge in [0, 0.05) is 5.56 Å². The second-order valence-corrected chi connectivity index (χ2v) is 12.3. The van der Waals surface area contributed by atoms with Crippen LogP contribution in [-0.2, 0) is 16.6 Å². The Bertz CT molecular complexity index is 1000. The molecule has 3 rings (SSSR count). The van der Waals surface area contributed by atoms with Crippen molar-refractivity contribution in [1.82, 2.24) is 4.72 Å². The zero-order valence-corrected chi connectivity index (χ0v) is 23.5. The molecule has 0 spiro atoms. The Morgan fingerprint density at radius 3 is 1.75 bits per heavy atom. The maximum atomic E-state index is 11.1. The lowest BCUT2D eigenvalue weighted by atomic mass is 10.1. The Hall–Kier alpha value is -2.18. The summed E-state index contributed by atoms with van der Waals surface area (Å²) in [6, 6.07) is 17.0. The molecular weight excluding hydrogens is 468 g/mol. The maximum Gasteiger partial charge on any atom is 0.266 e. The van der Waals surface area contributed by atoms with Gasteiger partial charge in [-0.2, -0.15) is 0 Å². The van der Waals surface area contributed by atoms with Gasteiger partial charge in [0.15, 0.2) is 0 Å². The third-order valence-corrected chi connectivity index (χ3v) is 8.11. The molecule has 0 aliphatic carbocycles. The number of carbonyl (C=O) groups is 1. The number of hydrogen-bond donors (Lipinski definition) is 1. The summed E-state index contributed by atoms with van der Waals surface area (Å²) < 4.78 is 25.3. The number of sulfonamides is 1. The van der Waals surface area contributed by atoms with Crippen molar-refractivity contribution in [1.29, 1.82) is 0 Å². The van der Waals surface area contributed by atoms with E-state index in [2.05, 4.69) is 51.4 Å². The Morgan fingerprint density at radius 2 is 1.19 bits per heavy atom. The number of fused-ring (bicyclic) bond motifs is 1. The number of hydrogen-bond acceptors (Lipinski definition) is 3. The molecule has 0 saturated heterocycles. The summed E-state index contributed by atoms with van der Waals surface area (Å²) in [5, 5.41) is 0. The van der Waals surface area contributed by atoms with Gasteiger partial charge in [-0.05, 0) is 25.0 Å². The highest BCUT2D eigenvalue weighted by Gasteiger charge is 2.31. The minimum absolute atomic E-state index is 0.0648. The number of unbranched alkanes of at least 4 members (excludes halogenated alkanes) is 11. The lowest BCUT2D eigenvalue weighted by molar-refractivity contribution is -0.903. The summed E-state index contributed by atoms with van der Waals surface area (Å²) >= 11 is 0. The molecule has 0 radical (unpaired) electrons. The van der Waals surface area contributed by atoms with Crippen LogP contribution in [0.2, 0.25) is 0 Å². The zero-order chi connectivity index (χ0) is 26.3. The van der Waals surface area contributed by atoms with Gasteiger partial charge in [-0.15, -0.1) is 0 Å². The molecule has 0 atom stereocenters. The molecule has 1 amide bonds. The third-order valence-electron chi connectivity index (χ3n) is 6.72. The maximum absolute atomic E-state index is 11.1. The molecule has 5 nitrogen and oxygen atoms in total. The molecular formula is C30H47N2O3S+. The first kappa shape index (κ1) is 30.0. The summed E-state index contributed by atoms with van der Waals surface area (Å²) in [6.45, 7) is 4.74. The summed E-state index contributed by atoms with van der Waals surface area (Å²) in [7, 11) is 1.18. The Balaban J connectivity index is 0.000000313. The number of rotatable bonds is 15. The zero-order valence-electron chi connectivity index (χ0n) is 22.7. The fourth-order valence-corrected chi connectivity index (χ4v) is 5.83. The Kier molecular flexibility index (Phi) is 13.2. The molecule has 0 unspecified atom stereocenters. The number of amides is 1.